The lowest BCUT2D eigenvalue weighted by atomic mass is 9.89. The van der Waals surface area contributed by atoms with Crippen LogP contribution >= 0.6 is 11.3 Å². The second-order valence-electron chi connectivity index (χ2n) is 5.35. The predicted octanol–water partition coefficient (Wildman–Crippen LogP) is 3.84. The van der Waals surface area contributed by atoms with Crippen LogP contribution in [0.25, 0.3) is 0 Å². The lowest BCUT2D eigenvalue weighted by molar-refractivity contribution is 0.297. The lowest BCUT2D eigenvalue weighted by Crippen LogP contribution is -2.38. The second-order valence-corrected chi connectivity index (χ2v) is 6.13. The number of nitrogens with one attached hydrogen (secondary N) is 1. The summed E-state index contributed by atoms with van der Waals surface area (Å²) < 4.78 is 5.85. The first-order valence-corrected chi connectivity index (χ1v) is 8.29. The Morgan fingerprint density at radius 2 is 2.25 bits per heavy atom. The van der Waals surface area contributed by atoms with Crippen LogP contribution in [0.15, 0.2) is 41.1 Å². The van der Waals surface area contributed by atoms with Crippen molar-refractivity contribution in [3.8, 4) is 5.75 Å². The summed E-state index contributed by atoms with van der Waals surface area (Å²) >= 11 is 1.77. The van der Waals surface area contributed by atoms with Crippen LogP contribution in [0.1, 0.15) is 30.4 Å². The quantitative estimate of drug-likeness (QED) is 0.871. The molecule has 1 N–H and O–H groups in total. The normalized spacial score (nSPS) is 18.6. The van der Waals surface area contributed by atoms with Gasteiger partial charge in [0.25, 0.3) is 0 Å². The van der Waals surface area contributed by atoms with Crippen LogP contribution in [0.4, 0.5) is 0 Å². The molecule has 1 aliphatic heterocycles. The Bertz CT molecular complexity index is 538. The zero-order chi connectivity index (χ0) is 13.8. The number of para-hydroxylation sites is 1. The summed E-state index contributed by atoms with van der Waals surface area (Å²) in [4.78, 5) is 0. The number of fused-ring (bicyclic) bond motifs is 1. The van der Waals surface area contributed by atoms with Crippen molar-refractivity contribution >= 4 is 11.3 Å². The molecule has 0 fully saturated rings. The Morgan fingerprint density at radius 3 is 3.05 bits per heavy atom. The van der Waals surface area contributed by atoms with Crippen molar-refractivity contribution in [2.24, 2.45) is 0 Å². The standard InChI is InChI=1S/C17H21NOS/c1-2-8-18-16(10-13-7-9-20-12-13)15-11-19-17-6-4-3-5-14(15)17/h3-7,9,12,15-16,18H,2,8,10-11H2,1H3. The van der Waals surface area contributed by atoms with Crippen LogP contribution in [0.5, 0.6) is 5.75 Å². The molecule has 1 aromatic heterocycles. The van der Waals surface area contributed by atoms with Gasteiger partial charge >= 0.3 is 0 Å². The van der Waals surface area contributed by atoms with Crippen LogP contribution < -0.4 is 10.1 Å². The van der Waals surface area contributed by atoms with Crippen LogP contribution in [0.2, 0.25) is 0 Å². The largest absolute Gasteiger partial charge is 0.493 e. The zero-order valence-corrected chi connectivity index (χ0v) is 12.7. The summed E-state index contributed by atoms with van der Waals surface area (Å²) in [6.45, 7) is 4.08. The SMILES string of the molecule is CCCNC(Cc1ccsc1)C1COc2ccccc21. The zero-order valence-electron chi connectivity index (χ0n) is 11.8. The number of ether oxygens (including phenoxy) is 1. The molecule has 106 valence electrons. The molecular formula is C17H21NOS. The van der Waals surface area contributed by atoms with Crippen molar-refractivity contribution in [3.63, 3.8) is 0 Å². The lowest BCUT2D eigenvalue weighted by Gasteiger charge is -2.24. The molecule has 0 aliphatic carbocycles. The van der Waals surface area contributed by atoms with E-state index in [0.717, 1.165) is 31.7 Å². The highest BCUT2D eigenvalue weighted by Gasteiger charge is 2.30. The molecule has 0 amide bonds. The van der Waals surface area contributed by atoms with Gasteiger partial charge in [-0.3, -0.25) is 0 Å². The van der Waals surface area contributed by atoms with E-state index < -0.39 is 0 Å². The smallest absolute Gasteiger partial charge is 0.122 e. The first-order chi connectivity index (χ1) is 9.88. The summed E-state index contributed by atoms with van der Waals surface area (Å²) in [5, 5.41) is 8.13. The van der Waals surface area contributed by atoms with E-state index in [2.05, 4.69) is 53.3 Å². The third-order valence-corrected chi connectivity index (χ3v) is 4.65. The fourth-order valence-corrected chi connectivity index (χ4v) is 3.55. The first-order valence-electron chi connectivity index (χ1n) is 7.34. The molecule has 2 nitrogen and oxygen atoms in total. The minimum absolute atomic E-state index is 0.452. The Kier molecular flexibility index (Phi) is 4.38. The van der Waals surface area contributed by atoms with Crippen molar-refractivity contribution in [1.82, 2.24) is 5.32 Å². The van der Waals surface area contributed by atoms with Gasteiger partial charge in [0.15, 0.2) is 0 Å². The molecule has 3 rings (SSSR count). The molecule has 0 saturated carbocycles. The Balaban J connectivity index is 1.79. The van der Waals surface area contributed by atoms with Crippen molar-refractivity contribution in [3.05, 3.63) is 52.2 Å². The molecule has 0 spiro atoms. The minimum atomic E-state index is 0.452. The first kappa shape index (κ1) is 13.7. The fraction of sp³-hybridized carbons (Fsp3) is 0.412. The van der Waals surface area contributed by atoms with E-state index in [-0.39, 0.29) is 0 Å². The summed E-state index contributed by atoms with van der Waals surface area (Å²) in [5.74, 6) is 1.52. The van der Waals surface area contributed by atoms with Gasteiger partial charge < -0.3 is 10.1 Å². The average Bonchev–Trinajstić information content (AvgIpc) is 3.12. The van der Waals surface area contributed by atoms with Crippen LogP contribution in [-0.4, -0.2) is 19.2 Å². The van der Waals surface area contributed by atoms with Gasteiger partial charge in [0.1, 0.15) is 5.75 Å². The molecule has 0 bridgehead atoms. The van der Waals surface area contributed by atoms with E-state index in [9.17, 15) is 0 Å². The Morgan fingerprint density at radius 1 is 1.35 bits per heavy atom. The van der Waals surface area contributed by atoms with E-state index in [1.807, 2.05) is 0 Å². The number of benzene rings is 1. The maximum absolute atomic E-state index is 5.85. The number of rotatable bonds is 6. The number of hydrogen-bond acceptors (Lipinski definition) is 3. The van der Waals surface area contributed by atoms with Gasteiger partial charge in [-0.05, 0) is 47.8 Å². The maximum atomic E-state index is 5.85. The van der Waals surface area contributed by atoms with Crippen molar-refractivity contribution in [2.75, 3.05) is 13.2 Å². The van der Waals surface area contributed by atoms with Crippen LogP contribution in [0, 0.1) is 0 Å². The minimum Gasteiger partial charge on any atom is -0.493 e. The number of thiophene rings is 1. The Hall–Kier alpha value is -1.32. The van der Waals surface area contributed by atoms with Crippen molar-refractivity contribution in [1.29, 1.82) is 0 Å². The molecule has 2 aromatic rings. The fourth-order valence-electron chi connectivity index (χ4n) is 2.87. The molecule has 1 aliphatic rings. The molecule has 2 heterocycles. The van der Waals surface area contributed by atoms with E-state index >= 15 is 0 Å². The van der Waals surface area contributed by atoms with Gasteiger partial charge in [-0.15, -0.1) is 0 Å². The van der Waals surface area contributed by atoms with Gasteiger partial charge in [0.2, 0.25) is 0 Å². The maximum Gasteiger partial charge on any atom is 0.122 e. The predicted molar refractivity (Wildman–Crippen MR) is 84.8 cm³/mol. The third-order valence-electron chi connectivity index (χ3n) is 3.91. The molecule has 0 saturated heterocycles. The topological polar surface area (TPSA) is 21.3 Å². The number of hydrogen-bond donors (Lipinski definition) is 1. The van der Waals surface area contributed by atoms with E-state index in [1.165, 1.54) is 11.1 Å². The molecule has 3 heteroatoms. The van der Waals surface area contributed by atoms with Gasteiger partial charge in [-0.2, -0.15) is 11.3 Å². The van der Waals surface area contributed by atoms with Gasteiger partial charge in [-0.25, -0.2) is 0 Å². The summed E-state index contributed by atoms with van der Waals surface area (Å²) in [6, 6.07) is 11.1. The molecule has 0 radical (unpaired) electrons. The van der Waals surface area contributed by atoms with Crippen LogP contribution in [0.3, 0.4) is 0 Å². The van der Waals surface area contributed by atoms with E-state index in [1.54, 1.807) is 11.3 Å². The summed E-state index contributed by atoms with van der Waals surface area (Å²) in [7, 11) is 0. The highest BCUT2D eigenvalue weighted by atomic mass is 32.1. The highest BCUT2D eigenvalue weighted by Crippen LogP contribution is 2.36. The van der Waals surface area contributed by atoms with Crippen LogP contribution in [-0.2, 0) is 6.42 Å². The molecule has 2 unspecified atom stereocenters. The molecule has 1 aromatic carbocycles. The van der Waals surface area contributed by atoms with Crippen molar-refractivity contribution < 1.29 is 4.74 Å². The van der Waals surface area contributed by atoms with E-state index in [4.69, 9.17) is 4.74 Å². The van der Waals surface area contributed by atoms with Crippen molar-refractivity contribution in [2.45, 2.75) is 31.7 Å². The van der Waals surface area contributed by atoms with Gasteiger partial charge in [0, 0.05) is 17.5 Å². The van der Waals surface area contributed by atoms with Gasteiger partial charge in [0.05, 0.1) is 6.61 Å². The average molecular weight is 287 g/mol. The van der Waals surface area contributed by atoms with Gasteiger partial charge in [-0.1, -0.05) is 25.1 Å². The monoisotopic (exact) mass is 287 g/mol. The Labute approximate surface area is 124 Å². The molecule has 2 atom stereocenters. The molecule has 20 heavy (non-hydrogen) atoms. The summed E-state index contributed by atoms with van der Waals surface area (Å²) in [6.07, 6.45) is 2.24. The third kappa shape index (κ3) is 2.89. The van der Waals surface area contributed by atoms with E-state index in [0.29, 0.717) is 12.0 Å². The second kappa shape index (κ2) is 6.42. The summed E-state index contributed by atoms with van der Waals surface area (Å²) in [5.41, 5.74) is 2.78. The molecular weight excluding hydrogens is 266 g/mol. The highest BCUT2D eigenvalue weighted by molar-refractivity contribution is 7.07.